The molecule has 8 aromatic rings. The predicted molar refractivity (Wildman–Crippen MR) is 316 cm³/mol. The second-order valence-corrected chi connectivity index (χ2v) is 21.4. The van der Waals surface area contributed by atoms with Crippen LogP contribution in [-0.4, -0.2) is 117 Å². The Morgan fingerprint density at radius 3 is 1.51 bits per heavy atom. The van der Waals surface area contributed by atoms with Crippen molar-refractivity contribution in [2.24, 2.45) is 11.7 Å². The molecule has 83 heavy (non-hydrogen) atoms. The fraction of sp³-hybridized carbons (Fsp3) is 0.356. The standard InChI is InChI=1S/C20H21N5O.C17H15FN4O.C11H8BrFN2O.C6H9NO2.C3H7N.C2H4O2.H3N/c1-10-9-21-20(26)14-8-16(24-17(10)14)13-4-3-5-15-18(13)25-19(11(2)22-15)23-12-6-7-12;1-8-7-19-17(23)11-6-13(21-14(8)11)10-4-3-5-12-15(10)22-16(18)9(2)20-12;1-6-11(13)15-10-7(9(16)5-12)3-2-4-8(10)14-6;1-4-3-7-6(9)2-5(4)8;4-3-1-2-3;1-2(3)4;/h3-5,8,10,12,24H,6-7,9H2,1-2H3,(H,21,26)(H,23,25);3-6,8,21H,7H2,1-2H3,(H,19,23);2-4H,5H2,1H3;4H,2-3H2,1H3,(H,7,9);3H,1-2,4H2;1H3,(H,3,4);1H3/t10-;;;;;;/m1....../s1. The Morgan fingerprint density at radius 1 is 0.639 bits per heavy atom. The number of amides is 3. The molecule has 5 aliphatic rings. The van der Waals surface area contributed by atoms with Crippen LogP contribution in [0, 0.1) is 38.6 Å². The van der Waals surface area contributed by atoms with Gasteiger partial charge in [-0.1, -0.05) is 67.0 Å². The Labute approximate surface area is 485 Å². The minimum absolute atomic E-state index is 0. The molecule has 0 spiro atoms. The van der Waals surface area contributed by atoms with E-state index in [0.717, 1.165) is 68.9 Å². The molecular formula is C59H67BrF2N14O7. The maximum absolute atomic E-state index is 13.8. The maximum atomic E-state index is 13.8. The van der Waals surface area contributed by atoms with Crippen LogP contribution < -0.4 is 33.2 Å². The Bertz CT molecular complexity index is 3770. The summed E-state index contributed by atoms with van der Waals surface area (Å²) in [5.41, 5.74) is 17.4. The monoisotopic (exact) mass is 1200 g/mol. The van der Waals surface area contributed by atoms with Crippen LogP contribution in [0.5, 0.6) is 0 Å². The minimum Gasteiger partial charge on any atom is -0.481 e. The molecule has 3 amide bonds. The molecule has 12 N–H and O–H groups in total. The van der Waals surface area contributed by atoms with Crippen molar-refractivity contribution in [1.82, 2.24) is 62.0 Å². The van der Waals surface area contributed by atoms with Gasteiger partial charge in [-0.05, 0) is 82.9 Å². The summed E-state index contributed by atoms with van der Waals surface area (Å²) in [6.07, 6.45) is 4.98. The van der Waals surface area contributed by atoms with E-state index < -0.39 is 17.9 Å². The quantitative estimate of drug-likeness (QED) is 0.0426. The van der Waals surface area contributed by atoms with Gasteiger partial charge in [0, 0.05) is 95.9 Å². The number of carbonyl (C=O) groups excluding carboxylic acids is 5. The van der Waals surface area contributed by atoms with E-state index in [1.54, 1.807) is 44.2 Å². The number of aromatic amines is 2. The number of aliphatic carboxylic acids is 1. The number of anilines is 1. The molecule has 5 aromatic heterocycles. The van der Waals surface area contributed by atoms with Gasteiger partial charge in [-0.3, -0.25) is 28.8 Å². The van der Waals surface area contributed by atoms with Gasteiger partial charge in [0.15, 0.2) is 5.78 Å². The highest BCUT2D eigenvalue weighted by Gasteiger charge is 2.29. The van der Waals surface area contributed by atoms with Gasteiger partial charge in [0.05, 0.1) is 56.5 Å². The number of H-pyrrole nitrogens is 2. The molecule has 0 bridgehead atoms. The summed E-state index contributed by atoms with van der Waals surface area (Å²) < 4.78 is 27.1. The SMILES string of the molecule is CC(=O)O.CC1CNC(=O)CC1=O.Cc1nc2cccc(-c3cc4c([nH]3)C(C)CNC4=O)c2nc1F.Cc1nc2cccc(-c3cc4c([nH]3)[C@H](C)CNC4=O)c2nc1NC1CC1.Cc1nc2cccc(C(=O)CBr)c2nc1F.N.NC1CC1. The van der Waals surface area contributed by atoms with E-state index in [2.05, 4.69) is 74.0 Å². The lowest BCUT2D eigenvalue weighted by Gasteiger charge is -2.18. The molecule has 21 nitrogen and oxygen atoms in total. The van der Waals surface area contributed by atoms with Crippen LogP contribution in [0.3, 0.4) is 0 Å². The lowest BCUT2D eigenvalue weighted by atomic mass is 9.99. The number of ketones is 2. The summed E-state index contributed by atoms with van der Waals surface area (Å²) >= 11 is 3.08. The number of nitrogens with one attached hydrogen (secondary N) is 6. The van der Waals surface area contributed by atoms with Crippen LogP contribution in [0.15, 0.2) is 66.7 Å². The van der Waals surface area contributed by atoms with Gasteiger partial charge in [0.2, 0.25) is 17.8 Å². The number of carbonyl (C=O) groups is 6. The highest BCUT2D eigenvalue weighted by atomic mass is 79.9. The number of Topliss-reactive ketones (excluding diaryl/α,β-unsaturated/α-hetero) is 2. The number of fused-ring (bicyclic) bond motifs is 5. The third-order valence-corrected chi connectivity index (χ3v) is 14.3. The van der Waals surface area contributed by atoms with Gasteiger partial charge in [0.25, 0.3) is 17.8 Å². The van der Waals surface area contributed by atoms with Crippen molar-refractivity contribution >= 4 is 90.1 Å². The van der Waals surface area contributed by atoms with Gasteiger partial charge in [-0.25, -0.2) is 29.9 Å². The number of carboxylic acid groups (broad SMARTS) is 1. The van der Waals surface area contributed by atoms with Gasteiger partial charge in [0.1, 0.15) is 28.2 Å². The van der Waals surface area contributed by atoms with E-state index in [9.17, 15) is 32.8 Å². The summed E-state index contributed by atoms with van der Waals surface area (Å²) in [5, 5.41) is 19.5. The van der Waals surface area contributed by atoms with Crippen molar-refractivity contribution in [3.63, 3.8) is 0 Å². The summed E-state index contributed by atoms with van der Waals surface area (Å²) in [6.45, 7) is 14.0. The molecule has 8 heterocycles. The van der Waals surface area contributed by atoms with Gasteiger partial charge >= 0.3 is 0 Å². The van der Waals surface area contributed by atoms with E-state index in [1.807, 2.05) is 57.2 Å². The zero-order valence-electron chi connectivity index (χ0n) is 47.1. The lowest BCUT2D eigenvalue weighted by Crippen LogP contribution is -2.39. The third kappa shape index (κ3) is 15.4. The normalized spacial score (nSPS) is 17.5. The average Bonchev–Trinajstić information content (AvgIpc) is 4.28. The zero-order valence-corrected chi connectivity index (χ0v) is 48.7. The molecule has 436 valence electrons. The maximum Gasteiger partial charge on any atom is 0.300 e. The summed E-state index contributed by atoms with van der Waals surface area (Å²) in [6, 6.07) is 21.4. The third-order valence-electron chi connectivity index (χ3n) is 13.8. The second kappa shape index (κ2) is 27.1. The van der Waals surface area contributed by atoms with Crippen molar-refractivity contribution in [3.05, 3.63) is 124 Å². The Hall–Kier alpha value is -8.48. The number of benzene rings is 3. The van der Waals surface area contributed by atoms with Crippen molar-refractivity contribution in [1.29, 1.82) is 0 Å². The summed E-state index contributed by atoms with van der Waals surface area (Å²) in [4.78, 5) is 98.5. The van der Waals surface area contributed by atoms with Crippen LogP contribution in [0.2, 0.25) is 0 Å². The molecular weight excluding hydrogens is 1130 g/mol. The number of aromatic nitrogens is 8. The van der Waals surface area contributed by atoms with E-state index in [-0.39, 0.29) is 76.3 Å². The Morgan fingerprint density at radius 2 is 1.07 bits per heavy atom. The number of carboxylic acids is 1. The fourth-order valence-electron chi connectivity index (χ4n) is 8.89. The topological polar surface area (TPSA) is 341 Å². The number of halogens is 3. The van der Waals surface area contributed by atoms with E-state index >= 15 is 0 Å². The number of aryl methyl sites for hydroxylation is 3. The number of para-hydroxylation sites is 3. The molecule has 24 heteroatoms. The molecule has 3 atom stereocenters. The lowest BCUT2D eigenvalue weighted by molar-refractivity contribution is -0.135. The molecule has 2 aliphatic carbocycles. The van der Waals surface area contributed by atoms with Gasteiger partial charge in [-0.2, -0.15) is 8.78 Å². The number of rotatable bonds is 6. The summed E-state index contributed by atoms with van der Waals surface area (Å²) in [7, 11) is 0. The number of piperidine rings is 1. The van der Waals surface area contributed by atoms with Gasteiger partial charge < -0.3 is 48.2 Å². The number of hydrogen-bond acceptors (Lipinski definition) is 15. The fourth-order valence-corrected chi connectivity index (χ4v) is 9.19. The first-order valence-corrected chi connectivity index (χ1v) is 28.0. The molecule has 2 unspecified atom stereocenters. The predicted octanol–water partition coefficient (Wildman–Crippen LogP) is 9.00. The molecule has 13 rings (SSSR count). The highest BCUT2D eigenvalue weighted by molar-refractivity contribution is 9.09. The Kier molecular flexibility index (Phi) is 20.3. The van der Waals surface area contributed by atoms with Crippen molar-refractivity contribution in [2.75, 3.05) is 30.3 Å². The van der Waals surface area contributed by atoms with Crippen molar-refractivity contribution in [2.45, 2.75) is 104 Å². The number of hydrogen-bond donors (Lipinski definition) is 9. The van der Waals surface area contributed by atoms with Crippen molar-refractivity contribution < 1.29 is 42.7 Å². The highest BCUT2D eigenvalue weighted by Crippen LogP contribution is 2.35. The smallest absolute Gasteiger partial charge is 0.300 e. The van der Waals surface area contributed by atoms with E-state index in [1.165, 1.54) is 25.7 Å². The van der Waals surface area contributed by atoms with Crippen LogP contribution in [-0.2, 0) is 14.4 Å². The van der Waals surface area contributed by atoms with Crippen LogP contribution in [0.1, 0.15) is 131 Å². The molecule has 0 radical (unpaired) electrons. The van der Waals surface area contributed by atoms with E-state index in [0.29, 0.717) is 64.9 Å². The first-order valence-electron chi connectivity index (χ1n) is 26.9. The Balaban J connectivity index is 0.000000158. The van der Waals surface area contributed by atoms with E-state index in [4.69, 9.17) is 25.6 Å². The number of nitrogens with two attached hydrogens (primary N) is 1. The van der Waals surface area contributed by atoms with Crippen LogP contribution in [0.25, 0.3) is 55.6 Å². The molecule has 3 aromatic carbocycles. The summed E-state index contributed by atoms with van der Waals surface area (Å²) in [5.74, 6) is -1.02. The zero-order chi connectivity index (χ0) is 59.1. The minimum atomic E-state index is -0.833. The number of alkyl halides is 1. The average molecular weight is 1200 g/mol. The van der Waals surface area contributed by atoms with Gasteiger partial charge in [-0.15, -0.1) is 0 Å². The number of nitrogens with zero attached hydrogens (tertiary/aromatic N) is 6. The molecule has 3 fully saturated rings. The molecule has 1 saturated heterocycles. The largest absolute Gasteiger partial charge is 0.481 e. The first-order chi connectivity index (χ1) is 39.1. The first kappa shape index (κ1) is 62.1. The molecule has 2 saturated carbocycles. The second-order valence-electron chi connectivity index (χ2n) is 20.8. The molecule has 3 aliphatic heterocycles. The van der Waals surface area contributed by atoms with Crippen LogP contribution in [0.4, 0.5) is 14.6 Å². The van der Waals surface area contributed by atoms with Crippen LogP contribution >= 0.6 is 15.9 Å². The van der Waals surface area contributed by atoms with Crippen molar-refractivity contribution in [3.8, 4) is 22.5 Å².